The zero-order valence-corrected chi connectivity index (χ0v) is 11.0. The van der Waals surface area contributed by atoms with E-state index in [4.69, 9.17) is 4.74 Å². The van der Waals surface area contributed by atoms with Crippen LogP contribution in [-0.4, -0.2) is 62.3 Å². The van der Waals surface area contributed by atoms with E-state index in [1.165, 1.54) is 12.2 Å². The molecule has 4 heteroatoms. The second-order valence-electron chi connectivity index (χ2n) is 4.22. The molecule has 1 N–H and O–H groups in total. The van der Waals surface area contributed by atoms with Crippen LogP contribution in [0.1, 0.15) is 13.3 Å². The molecule has 0 radical (unpaired) electrons. The van der Waals surface area contributed by atoms with Gasteiger partial charge in [-0.15, -0.1) is 0 Å². The molecule has 0 aliphatic carbocycles. The fourth-order valence-corrected chi connectivity index (χ4v) is 2.57. The highest BCUT2D eigenvalue weighted by atomic mass is 32.2. The van der Waals surface area contributed by atoms with Crippen LogP contribution in [-0.2, 0) is 4.74 Å². The summed E-state index contributed by atoms with van der Waals surface area (Å²) in [5, 5.41) is 3.59. The Bertz CT molecular complexity index is 169. The molecule has 90 valence electrons. The number of rotatable bonds is 6. The van der Waals surface area contributed by atoms with E-state index in [0.717, 1.165) is 26.2 Å². The molecule has 15 heavy (non-hydrogen) atoms. The number of likely N-dealkylation sites (N-methyl/N-ethyl adjacent to an activating group) is 1. The van der Waals surface area contributed by atoms with Crippen molar-refractivity contribution in [3.8, 4) is 0 Å². The van der Waals surface area contributed by atoms with Crippen molar-refractivity contribution in [3.05, 3.63) is 0 Å². The number of morpholine rings is 1. The summed E-state index contributed by atoms with van der Waals surface area (Å²) in [5.74, 6) is 1.19. The van der Waals surface area contributed by atoms with Gasteiger partial charge in [0.25, 0.3) is 0 Å². The average molecular weight is 232 g/mol. The van der Waals surface area contributed by atoms with Gasteiger partial charge in [0.2, 0.25) is 0 Å². The van der Waals surface area contributed by atoms with E-state index in [2.05, 4.69) is 30.4 Å². The van der Waals surface area contributed by atoms with Crippen LogP contribution in [0.2, 0.25) is 0 Å². The van der Waals surface area contributed by atoms with Crippen LogP contribution < -0.4 is 5.32 Å². The van der Waals surface area contributed by atoms with Crippen LogP contribution in [0.4, 0.5) is 0 Å². The molecule has 0 saturated carbocycles. The lowest BCUT2D eigenvalue weighted by molar-refractivity contribution is -0.0190. The van der Waals surface area contributed by atoms with Gasteiger partial charge >= 0.3 is 0 Å². The number of ether oxygens (including phenoxy) is 1. The van der Waals surface area contributed by atoms with Crippen molar-refractivity contribution < 1.29 is 4.74 Å². The average Bonchev–Trinajstić information content (AvgIpc) is 2.24. The molecule has 0 amide bonds. The predicted octanol–water partition coefficient (Wildman–Crippen LogP) is 1.05. The molecule has 0 bridgehead atoms. The molecule has 0 aromatic heterocycles. The van der Waals surface area contributed by atoms with Gasteiger partial charge in [0, 0.05) is 31.4 Å². The number of hydrogen-bond acceptors (Lipinski definition) is 4. The van der Waals surface area contributed by atoms with Crippen LogP contribution >= 0.6 is 11.8 Å². The summed E-state index contributed by atoms with van der Waals surface area (Å²) in [6, 6.07) is 0.635. The molecule has 1 aliphatic rings. The Morgan fingerprint density at radius 2 is 2.40 bits per heavy atom. The molecule has 1 fully saturated rings. The third-order valence-electron chi connectivity index (χ3n) is 2.84. The molecule has 2 atom stereocenters. The summed E-state index contributed by atoms with van der Waals surface area (Å²) >= 11 is 1.91. The predicted molar refractivity (Wildman–Crippen MR) is 67.7 cm³/mol. The van der Waals surface area contributed by atoms with Crippen molar-refractivity contribution in [1.82, 2.24) is 10.2 Å². The minimum absolute atomic E-state index is 0.375. The number of hydrogen-bond donors (Lipinski definition) is 1. The Morgan fingerprint density at radius 3 is 3.00 bits per heavy atom. The van der Waals surface area contributed by atoms with Gasteiger partial charge in [-0.25, -0.2) is 0 Å². The van der Waals surface area contributed by atoms with Crippen molar-refractivity contribution in [2.24, 2.45) is 0 Å². The van der Waals surface area contributed by atoms with E-state index in [-0.39, 0.29) is 0 Å². The summed E-state index contributed by atoms with van der Waals surface area (Å²) in [5.41, 5.74) is 0. The van der Waals surface area contributed by atoms with Crippen LogP contribution in [0.3, 0.4) is 0 Å². The molecule has 1 aliphatic heterocycles. The van der Waals surface area contributed by atoms with Crippen molar-refractivity contribution >= 4 is 11.8 Å². The highest BCUT2D eigenvalue weighted by molar-refractivity contribution is 7.98. The van der Waals surface area contributed by atoms with Gasteiger partial charge in [0.15, 0.2) is 0 Å². The zero-order chi connectivity index (χ0) is 11.1. The second kappa shape index (κ2) is 7.49. The molecular weight excluding hydrogens is 208 g/mol. The van der Waals surface area contributed by atoms with Gasteiger partial charge in [-0.3, -0.25) is 0 Å². The first-order valence-electron chi connectivity index (χ1n) is 5.78. The van der Waals surface area contributed by atoms with E-state index in [9.17, 15) is 0 Å². The number of thioether (sulfide) groups is 1. The maximum absolute atomic E-state index is 5.71. The first-order valence-corrected chi connectivity index (χ1v) is 7.18. The molecule has 0 spiro atoms. The summed E-state index contributed by atoms with van der Waals surface area (Å²) in [6.45, 7) is 6.23. The lowest BCUT2D eigenvalue weighted by atomic mass is 10.2. The quantitative estimate of drug-likeness (QED) is 0.740. The summed E-state index contributed by atoms with van der Waals surface area (Å²) in [6.07, 6.45) is 3.73. The second-order valence-corrected chi connectivity index (χ2v) is 5.13. The smallest absolute Gasteiger partial charge is 0.0826 e. The monoisotopic (exact) mass is 232 g/mol. The van der Waals surface area contributed by atoms with Gasteiger partial charge in [-0.05, 0) is 19.7 Å². The van der Waals surface area contributed by atoms with Crippen molar-refractivity contribution in [2.45, 2.75) is 25.5 Å². The number of nitrogens with one attached hydrogen (secondary N) is 1. The Balaban J connectivity index is 2.16. The Kier molecular flexibility index (Phi) is 6.64. The summed E-state index contributed by atoms with van der Waals surface area (Å²) in [4.78, 5) is 2.34. The largest absolute Gasteiger partial charge is 0.374 e. The summed E-state index contributed by atoms with van der Waals surface area (Å²) in [7, 11) is 2.16. The third-order valence-corrected chi connectivity index (χ3v) is 3.57. The third kappa shape index (κ3) is 5.20. The first-order chi connectivity index (χ1) is 7.26. The van der Waals surface area contributed by atoms with Gasteiger partial charge in [0.05, 0.1) is 12.7 Å². The van der Waals surface area contributed by atoms with Crippen LogP contribution in [0, 0.1) is 0 Å². The molecule has 1 heterocycles. The van der Waals surface area contributed by atoms with E-state index in [1.807, 2.05) is 11.8 Å². The Hall–Kier alpha value is 0.230. The zero-order valence-electron chi connectivity index (χ0n) is 10.2. The van der Waals surface area contributed by atoms with Crippen molar-refractivity contribution in [1.29, 1.82) is 0 Å². The van der Waals surface area contributed by atoms with E-state index < -0.39 is 0 Å². The highest BCUT2D eigenvalue weighted by Gasteiger charge is 2.18. The molecule has 0 aromatic rings. The first kappa shape index (κ1) is 13.3. The van der Waals surface area contributed by atoms with Crippen LogP contribution in [0.15, 0.2) is 0 Å². The maximum atomic E-state index is 5.71. The fraction of sp³-hybridized carbons (Fsp3) is 1.00. The minimum Gasteiger partial charge on any atom is -0.374 e. The summed E-state index contributed by atoms with van der Waals surface area (Å²) < 4.78 is 5.71. The lowest BCUT2D eigenvalue weighted by Crippen LogP contribution is -2.47. The Morgan fingerprint density at radius 1 is 1.60 bits per heavy atom. The SMILES string of the molecule is CCC(CSC)NCC1CN(C)CCO1. The standard InChI is InChI=1S/C11H24N2OS/c1-4-10(9-15-3)12-7-11-8-13(2)5-6-14-11/h10-12H,4-9H2,1-3H3. The highest BCUT2D eigenvalue weighted by Crippen LogP contribution is 2.04. The molecule has 3 nitrogen and oxygen atoms in total. The topological polar surface area (TPSA) is 24.5 Å². The van der Waals surface area contributed by atoms with Crippen molar-refractivity contribution in [2.75, 3.05) is 45.3 Å². The van der Waals surface area contributed by atoms with Crippen LogP contribution in [0.25, 0.3) is 0 Å². The maximum Gasteiger partial charge on any atom is 0.0826 e. The van der Waals surface area contributed by atoms with Gasteiger partial charge in [-0.1, -0.05) is 6.92 Å². The number of nitrogens with zero attached hydrogens (tertiary/aromatic N) is 1. The van der Waals surface area contributed by atoms with Crippen molar-refractivity contribution in [3.63, 3.8) is 0 Å². The molecule has 1 saturated heterocycles. The van der Waals surface area contributed by atoms with E-state index in [1.54, 1.807) is 0 Å². The lowest BCUT2D eigenvalue weighted by Gasteiger charge is -2.31. The van der Waals surface area contributed by atoms with Gasteiger partial charge in [0.1, 0.15) is 0 Å². The van der Waals surface area contributed by atoms with E-state index in [0.29, 0.717) is 12.1 Å². The molecule has 0 aromatic carbocycles. The molecular formula is C11H24N2OS. The minimum atomic E-state index is 0.375. The molecule has 1 rings (SSSR count). The van der Waals surface area contributed by atoms with Crippen LogP contribution in [0.5, 0.6) is 0 Å². The fourth-order valence-electron chi connectivity index (χ4n) is 1.81. The van der Waals surface area contributed by atoms with Gasteiger partial charge < -0.3 is 15.0 Å². The van der Waals surface area contributed by atoms with Gasteiger partial charge in [-0.2, -0.15) is 11.8 Å². The molecule has 2 unspecified atom stereocenters. The van der Waals surface area contributed by atoms with E-state index >= 15 is 0 Å². The Labute approximate surface area is 97.9 Å². The normalized spacial score (nSPS) is 25.4.